The second-order valence-electron chi connectivity index (χ2n) is 6.18. The number of carbonyl (C=O) groups is 1. The van der Waals surface area contributed by atoms with Crippen molar-refractivity contribution in [2.75, 3.05) is 6.54 Å². The van der Waals surface area contributed by atoms with Crippen LogP contribution in [0.3, 0.4) is 0 Å². The summed E-state index contributed by atoms with van der Waals surface area (Å²) in [6.45, 7) is 6.31. The predicted molar refractivity (Wildman–Crippen MR) is 91.3 cm³/mol. The molecular weight excluding hydrogens is 306 g/mol. The first-order valence-electron chi connectivity index (χ1n) is 8.36. The molecule has 1 aromatic heterocycles. The molecular formula is C18H25N3O3. The molecule has 0 aliphatic heterocycles. The molecule has 1 aromatic carbocycles. The SMILES string of the molecule is CCc1noc(-c2ccc(CCNC(=O)CC(O)C(C)C)cc2)n1. The lowest BCUT2D eigenvalue weighted by Crippen LogP contribution is -2.30. The zero-order valence-corrected chi connectivity index (χ0v) is 14.5. The molecule has 2 aromatic rings. The van der Waals surface area contributed by atoms with Crippen molar-refractivity contribution in [1.82, 2.24) is 15.5 Å². The molecule has 1 atom stereocenters. The fourth-order valence-corrected chi connectivity index (χ4v) is 2.17. The van der Waals surface area contributed by atoms with Crippen LogP contribution in [0.25, 0.3) is 11.5 Å². The zero-order chi connectivity index (χ0) is 17.5. The number of benzene rings is 1. The van der Waals surface area contributed by atoms with E-state index in [0.29, 0.717) is 18.3 Å². The van der Waals surface area contributed by atoms with Crippen LogP contribution in [-0.4, -0.2) is 33.8 Å². The van der Waals surface area contributed by atoms with Crippen LogP contribution in [0.15, 0.2) is 28.8 Å². The lowest BCUT2D eigenvalue weighted by molar-refractivity contribution is -0.123. The van der Waals surface area contributed by atoms with E-state index in [1.165, 1.54) is 0 Å². The van der Waals surface area contributed by atoms with E-state index in [9.17, 15) is 9.90 Å². The van der Waals surface area contributed by atoms with E-state index in [0.717, 1.165) is 24.0 Å². The van der Waals surface area contributed by atoms with E-state index in [4.69, 9.17) is 4.52 Å². The molecule has 0 saturated carbocycles. The zero-order valence-electron chi connectivity index (χ0n) is 14.5. The number of amides is 1. The summed E-state index contributed by atoms with van der Waals surface area (Å²) in [7, 11) is 0. The van der Waals surface area contributed by atoms with Gasteiger partial charge in [-0.3, -0.25) is 4.79 Å². The van der Waals surface area contributed by atoms with Crippen molar-refractivity contribution in [1.29, 1.82) is 0 Å². The molecule has 0 aliphatic carbocycles. The highest BCUT2D eigenvalue weighted by atomic mass is 16.5. The Kier molecular flexibility index (Phi) is 6.49. The number of carbonyl (C=O) groups excluding carboxylic acids is 1. The number of aliphatic hydroxyl groups is 1. The van der Waals surface area contributed by atoms with Crippen LogP contribution in [0, 0.1) is 5.92 Å². The van der Waals surface area contributed by atoms with Gasteiger partial charge in [0, 0.05) is 18.5 Å². The standard InChI is InChI=1S/C18H25N3O3/c1-4-16-20-18(24-21-16)14-7-5-13(6-8-14)9-10-19-17(23)11-15(22)12(2)3/h5-8,12,15,22H,4,9-11H2,1-3H3,(H,19,23). The number of aromatic nitrogens is 2. The second kappa shape index (κ2) is 8.59. The number of nitrogens with one attached hydrogen (secondary N) is 1. The molecule has 0 saturated heterocycles. The number of rotatable bonds is 8. The lowest BCUT2D eigenvalue weighted by Gasteiger charge is -2.13. The molecule has 1 amide bonds. The van der Waals surface area contributed by atoms with Crippen LogP contribution in [0.5, 0.6) is 0 Å². The van der Waals surface area contributed by atoms with Gasteiger partial charge in [0.15, 0.2) is 5.82 Å². The average molecular weight is 331 g/mol. The molecule has 1 unspecified atom stereocenters. The number of aliphatic hydroxyl groups excluding tert-OH is 1. The Balaban J connectivity index is 1.81. The summed E-state index contributed by atoms with van der Waals surface area (Å²) in [6.07, 6.45) is 1.03. The van der Waals surface area contributed by atoms with Gasteiger partial charge < -0.3 is 14.9 Å². The minimum absolute atomic E-state index is 0.0845. The van der Waals surface area contributed by atoms with Gasteiger partial charge in [-0.2, -0.15) is 4.98 Å². The summed E-state index contributed by atoms with van der Waals surface area (Å²) in [5.74, 6) is 1.18. The van der Waals surface area contributed by atoms with E-state index in [-0.39, 0.29) is 18.2 Å². The minimum atomic E-state index is -0.591. The van der Waals surface area contributed by atoms with E-state index < -0.39 is 6.10 Å². The maximum absolute atomic E-state index is 11.7. The van der Waals surface area contributed by atoms with E-state index >= 15 is 0 Å². The molecule has 0 spiro atoms. The van der Waals surface area contributed by atoms with Gasteiger partial charge in [0.25, 0.3) is 5.89 Å². The third kappa shape index (κ3) is 5.16. The van der Waals surface area contributed by atoms with Crippen LogP contribution in [0.4, 0.5) is 0 Å². The van der Waals surface area contributed by atoms with Crippen LogP contribution in [-0.2, 0) is 17.6 Å². The number of hydrogen-bond donors (Lipinski definition) is 2. The average Bonchev–Trinajstić information content (AvgIpc) is 3.04. The summed E-state index contributed by atoms with van der Waals surface area (Å²) in [6, 6.07) is 7.85. The molecule has 0 bridgehead atoms. The Bertz CT molecular complexity index is 650. The molecule has 0 radical (unpaired) electrons. The molecule has 1 heterocycles. The van der Waals surface area contributed by atoms with Crippen molar-refractivity contribution in [3.8, 4) is 11.5 Å². The largest absolute Gasteiger partial charge is 0.392 e. The van der Waals surface area contributed by atoms with Crippen molar-refractivity contribution < 1.29 is 14.4 Å². The van der Waals surface area contributed by atoms with Crippen molar-refractivity contribution in [3.05, 3.63) is 35.7 Å². The van der Waals surface area contributed by atoms with Crippen LogP contribution in [0.1, 0.15) is 38.6 Å². The van der Waals surface area contributed by atoms with E-state index in [1.54, 1.807) is 0 Å². The number of nitrogens with zero attached hydrogens (tertiary/aromatic N) is 2. The maximum atomic E-state index is 11.7. The Morgan fingerprint density at radius 3 is 2.58 bits per heavy atom. The summed E-state index contributed by atoms with van der Waals surface area (Å²) in [5.41, 5.74) is 1.99. The summed E-state index contributed by atoms with van der Waals surface area (Å²) in [4.78, 5) is 16.0. The fourth-order valence-electron chi connectivity index (χ4n) is 2.17. The van der Waals surface area contributed by atoms with Gasteiger partial charge >= 0.3 is 0 Å². The van der Waals surface area contributed by atoms with Crippen molar-refractivity contribution in [2.24, 2.45) is 5.92 Å². The quantitative estimate of drug-likeness (QED) is 0.775. The van der Waals surface area contributed by atoms with Crippen molar-refractivity contribution in [3.63, 3.8) is 0 Å². The minimum Gasteiger partial charge on any atom is -0.392 e. The smallest absolute Gasteiger partial charge is 0.257 e. The molecule has 0 fully saturated rings. The Labute approximate surface area is 142 Å². The first-order chi connectivity index (χ1) is 11.5. The highest BCUT2D eigenvalue weighted by Crippen LogP contribution is 2.18. The maximum Gasteiger partial charge on any atom is 0.257 e. The highest BCUT2D eigenvalue weighted by molar-refractivity contribution is 5.76. The normalized spacial score (nSPS) is 12.4. The third-order valence-electron chi connectivity index (χ3n) is 3.89. The molecule has 6 heteroatoms. The highest BCUT2D eigenvalue weighted by Gasteiger charge is 2.13. The van der Waals surface area contributed by atoms with Gasteiger partial charge in [-0.15, -0.1) is 0 Å². The van der Waals surface area contributed by atoms with Gasteiger partial charge in [0.1, 0.15) is 0 Å². The van der Waals surface area contributed by atoms with Gasteiger partial charge in [-0.25, -0.2) is 0 Å². The van der Waals surface area contributed by atoms with Crippen molar-refractivity contribution in [2.45, 2.75) is 46.1 Å². The molecule has 130 valence electrons. The molecule has 6 nitrogen and oxygen atoms in total. The Morgan fingerprint density at radius 2 is 2.00 bits per heavy atom. The number of hydrogen-bond acceptors (Lipinski definition) is 5. The third-order valence-corrected chi connectivity index (χ3v) is 3.89. The fraction of sp³-hybridized carbons (Fsp3) is 0.500. The summed E-state index contributed by atoms with van der Waals surface area (Å²) >= 11 is 0. The summed E-state index contributed by atoms with van der Waals surface area (Å²) < 4.78 is 5.21. The Morgan fingerprint density at radius 1 is 1.29 bits per heavy atom. The topological polar surface area (TPSA) is 88.2 Å². The monoisotopic (exact) mass is 331 g/mol. The van der Waals surface area contributed by atoms with Gasteiger partial charge in [0.2, 0.25) is 5.91 Å². The van der Waals surface area contributed by atoms with Gasteiger partial charge in [-0.05, 0) is 30.0 Å². The first kappa shape index (κ1) is 18.1. The van der Waals surface area contributed by atoms with Crippen LogP contribution in [0.2, 0.25) is 0 Å². The second-order valence-corrected chi connectivity index (χ2v) is 6.18. The molecule has 24 heavy (non-hydrogen) atoms. The number of aryl methyl sites for hydroxylation is 1. The predicted octanol–water partition coefficient (Wildman–Crippen LogP) is 2.36. The summed E-state index contributed by atoms with van der Waals surface area (Å²) in [5, 5.41) is 16.4. The van der Waals surface area contributed by atoms with E-state index in [1.807, 2.05) is 45.0 Å². The first-order valence-corrected chi connectivity index (χ1v) is 8.36. The Hall–Kier alpha value is -2.21. The van der Waals surface area contributed by atoms with Crippen LogP contribution < -0.4 is 5.32 Å². The van der Waals surface area contributed by atoms with Gasteiger partial charge in [0.05, 0.1) is 12.5 Å². The lowest BCUT2D eigenvalue weighted by atomic mass is 10.0. The molecule has 0 aliphatic rings. The van der Waals surface area contributed by atoms with E-state index in [2.05, 4.69) is 15.5 Å². The van der Waals surface area contributed by atoms with Crippen molar-refractivity contribution >= 4 is 5.91 Å². The van der Waals surface area contributed by atoms with Gasteiger partial charge in [-0.1, -0.05) is 38.1 Å². The molecule has 2 rings (SSSR count). The molecule has 2 N–H and O–H groups in total. The van der Waals surface area contributed by atoms with Crippen LogP contribution >= 0.6 is 0 Å².